The van der Waals surface area contributed by atoms with Gasteiger partial charge in [0.05, 0.1) is 5.69 Å². The molecule has 5 rings (SSSR count). The third-order valence-electron chi connectivity index (χ3n) is 7.07. The van der Waals surface area contributed by atoms with Crippen molar-refractivity contribution in [1.82, 2.24) is 25.0 Å². The summed E-state index contributed by atoms with van der Waals surface area (Å²) in [7, 11) is 4.34. The van der Waals surface area contributed by atoms with Crippen LogP contribution in [0.15, 0.2) is 36.5 Å². The first-order chi connectivity index (χ1) is 15.9. The van der Waals surface area contributed by atoms with Crippen LogP contribution in [0.2, 0.25) is 0 Å². The van der Waals surface area contributed by atoms with Crippen molar-refractivity contribution in [2.45, 2.75) is 44.4 Å². The number of likely N-dealkylation sites (N-methyl/N-ethyl adjacent to an activating group) is 2. The van der Waals surface area contributed by atoms with E-state index in [1.165, 1.54) is 12.0 Å². The van der Waals surface area contributed by atoms with E-state index in [4.69, 9.17) is 0 Å². The van der Waals surface area contributed by atoms with Crippen molar-refractivity contribution in [3.05, 3.63) is 53.2 Å². The molecule has 2 fully saturated rings. The van der Waals surface area contributed by atoms with E-state index in [2.05, 4.69) is 46.3 Å². The smallest absolute Gasteiger partial charge is 0.255 e. The van der Waals surface area contributed by atoms with Crippen LogP contribution in [-0.2, 0) is 22.7 Å². The van der Waals surface area contributed by atoms with E-state index in [0.717, 1.165) is 36.5 Å². The van der Waals surface area contributed by atoms with Crippen LogP contribution < -0.4 is 5.32 Å². The van der Waals surface area contributed by atoms with E-state index in [-0.39, 0.29) is 24.1 Å². The number of carbonyl (C=O) groups is 3. The maximum Gasteiger partial charge on any atom is 0.255 e. The number of fused-ring (bicyclic) bond motifs is 1. The van der Waals surface area contributed by atoms with Gasteiger partial charge in [-0.1, -0.05) is 6.07 Å². The number of pyridine rings is 1. The number of imide groups is 1. The molecule has 3 amide bonds. The van der Waals surface area contributed by atoms with Crippen molar-refractivity contribution in [3.8, 4) is 11.3 Å². The number of nitrogens with zero attached hydrogens (tertiary/aromatic N) is 4. The second kappa shape index (κ2) is 8.68. The largest absolute Gasteiger partial charge is 0.322 e. The second-order valence-electron chi connectivity index (χ2n) is 9.44. The average molecular weight is 448 g/mol. The molecule has 8 nitrogen and oxygen atoms in total. The topological polar surface area (TPSA) is 85.8 Å². The molecule has 0 aliphatic carbocycles. The Morgan fingerprint density at radius 1 is 1.15 bits per heavy atom. The number of likely N-dealkylation sites (tertiary alicyclic amines) is 1. The van der Waals surface area contributed by atoms with Crippen LogP contribution >= 0.6 is 0 Å². The zero-order valence-electron chi connectivity index (χ0n) is 19.1. The summed E-state index contributed by atoms with van der Waals surface area (Å²) in [6.07, 6.45) is 3.65. The lowest BCUT2D eigenvalue weighted by atomic mass is 10.0. The number of amides is 3. The summed E-state index contributed by atoms with van der Waals surface area (Å²) >= 11 is 0. The Hall–Kier alpha value is -3.10. The number of piperidine rings is 1. The Balaban J connectivity index is 1.32. The van der Waals surface area contributed by atoms with Crippen molar-refractivity contribution >= 4 is 17.7 Å². The summed E-state index contributed by atoms with van der Waals surface area (Å²) in [5.41, 5.74) is 4.54. The molecule has 2 atom stereocenters. The van der Waals surface area contributed by atoms with Gasteiger partial charge in [-0.25, -0.2) is 0 Å². The highest BCUT2D eigenvalue weighted by atomic mass is 16.2. The summed E-state index contributed by atoms with van der Waals surface area (Å²) in [6, 6.07) is 9.89. The van der Waals surface area contributed by atoms with Gasteiger partial charge in [0, 0.05) is 49.4 Å². The number of aromatic nitrogens is 1. The van der Waals surface area contributed by atoms with E-state index in [1.54, 1.807) is 4.90 Å². The number of carbonyl (C=O) groups excluding carboxylic acids is 3. The molecule has 172 valence electrons. The third kappa shape index (κ3) is 4.28. The second-order valence-corrected chi connectivity index (χ2v) is 9.44. The molecule has 2 aromatic rings. The molecule has 3 aliphatic heterocycles. The number of benzene rings is 1. The van der Waals surface area contributed by atoms with Crippen LogP contribution in [0.1, 0.15) is 40.7 Å². The minimum atomic E-state index is -0.599. The maximum absolute atomic E-state index is 12.9. The summed E-state index contributed by atoms with van der Waals surface area (Å²) < 4.78 is 0. The van der Waals surface area contributed by atoms with Crippen molar-refractivity contribution in [2.75, 3.05) is 27.2 Å². The van der Waals surface area contributed by atoms with Crippen LogP contribution in [0.5, 0.6) is 0 Å². The molecule has 2 saturated heterocycles. The fraction of sp³-hybridized carbons (Fsp3) is 0.440. The molecular weight excluding hydrogens is 418 g/mol. The van der Waals surface area contributed by atoms with Crippen molar-refractivity contribution in [3.63, 3.8) is 0 Å². The van der Waals surface area contributed by atoms with Gasteiger partial charge in [-0.15, -0.1) is 0 Å². The molecule has 2 unspecified atom stereocenters. The molecule has 0 saturated carbocycles. The van der Waals surface area contributed by atoms with Gasteiger partial charge in [0.25, 0.3) is 5.91 Å². The fourth-order valence-electron chi connectivity index (χ4n) is 5.15. The minimum Gasteiger partial charge on any atom is -0.322 e. The summed E-state index contributed by atoms with van der Waals surface area (Å²) in [5.74, 6) is -0.824. The molecule has 8 heteroatoms. The maximum atomic E-state index is 12.9. The first-order valence-electron chi connectivity index (χ1n) is 11.5. The molecule has 3 aliphatic rings. The molecule has 0 bridgehead atoms. The Morgan fingerprint density at radius 2 is 2.00 bits per heavy atom. The van der Waals surface area contributed by atoms with E-state index < -0.39 is 6.04 Å². The molecule has 1 aromatic heterocycles. The SMILES string of the molecule is CN1CCC(N(C)Cc2ccnc(-c3ccc4c(c3)CN(C3CCC(=O)NC3=O)C4=O)c2)C1. The van der Waals surface area contributed by atoms with Crippen molar-refractivity contribution in [1.29, 1.82) is 0 Å². The number of hydrogen-bond donors (Lipinski definition) is 1. The van der Waals surface area contributed by atoms with E-state index in [0.29, 0.717) is 24.6 Å². The predicted octanol–water partition coefficient (Wildman–Crippen LogP) is 1.65. The normalized spacial score (nSPS) is 23.4. The van der Waals surface area contributed by atoms with Gasteiger partial charge >= 0.3 is 0 Å². The third-order valence-corrected chi connectivity index (χ3v) is 7.07. The van der Waals surface area contributed by atoms with Gasteiger partial charge in [0.1, 0.15) is 6.04 Å². The van der Waals surface area contributed by atoms with Gasteiger partial charge in [0.15, 0.2) is 0 Å². The van der Waals surface area contributed by atoms with Gasteiger partial charge in [-0.2, -0.15) is 0 Å². The van der Waals surface area contributed by atoms with Crippen LogP contribution in [0, 0.1) is 0 Å². The van der Waals surface area contributed by atoms with E-state index in [1.807, 2.05) is 24.4 Å². The van der Waals surface area contributed by atoms with Crippen LogP contribution in [0.3, 0.4) is 0 Å². The van der Waals surface area contributed by atoms with Gasteiger partial charge in [-0.05, 0) is 68.9 Å². The van der Waals surface area contributed by atoms with Crippen LogP contribution in [-0.4, -0.2) is 76.7 Å². The van der Waals surface area contributed by atoms with E-state index >= 15 is 0 Å². The molecule has 4 heterocycles. The fourth-order valence-corrected chi connectivity index (χ4v) is 5.15. The highest BCUT2D eigenvalue weighted by Crippen LogP contribution is 2.31. The molecule has 1 aromatic carbocycles. The highest BCUT2D eigenvalue weighted by molar-refractivity contribution is 6.05. The number of nitrogens with one attached hydrogen (secondary N) is 1. The van der Waals surface area contributed by atoms with Crippen molar-refractivity contribution in [2.24, 2.45) is 0 Å². The zero-order valence-corrected chi connectivity index (χ0v) is 19.1. The monoisotopic (exact) mass is 447 g/mol. The zero-order chi connectivity index (χ0) is 23.1. The quantitative estimate of drug-likeness (QED) is 0.702. The van der Waals surface area contributed by atoms with Crippen LogP contribution in [0.4, 0.5) is 0 Å². The first-order valence-corrected chi connectivity index (χ1v) is 11.5. The number of rotatable bonds is 5. The Bertz CT molecular complexity index is 1120. The lowest BCUT2D eigenvalue weighted by molar-refractivity contribution is -0.136. The molecular formula is C25H29N5O3. The lowest BCUT2D eigenvalue weighted by Crippen LogP contribution is -2.52. The predicted molar refractivity (Wildman–Crippen MR) is 123 cm³/mol. The van der Waals surface area contributed by atoms with E-state index in [9.17, 15) is 14.4 Å². The molecule has 1 N–H and O–H groups in total. The van der Waals surface area contributed by atoms with Gasteiger partial charge in [-0.3, -0.25) is 29.6 Å². The number of hydrogen-bond acceptors (Lipinski definition) is 6. The Labute approximate surface area is 193 Å². The lowest BCUT2D eigenvalue weighted by Gasteiger charge is -2.29. The van der Waals surface area contributed by atoms with Crippen LogP contribution in [0.25, 0.3) is 11.3 Å². The molecule has 33 heavy (non-hydrogen) atoms. The van der Waals surface area contributed by atoms with Gasteiger partial charge < -0.3 is 9.80 Å². The molecule has 0 radical (unpaired) electrons. The Kier molecular flexibility index (Phi) is 5.72. The standard InChI is InChI=1S/C25H29N5O3/c1-28-10-8-19(15-28)29(2)13-16-7-9-26-21(11-16)17-3-4-20-18(12-17)14-30(25(20)33)22-5-6-23(31)27-24(22)32/h3-4,7,9,11-12,19,22H,5-6,8,10,13-15H2,1-2H3,(H,27,31,32). The Morgan fingerprint density at radius 3 is 2.76 bits per heavy atom. The average Bonchev–Trinajstić information content (AvgIpc) is 3.37. The summed E-state index contributed by atoms with van der Waals surface area (Å²) in [5, 5.41) is 2.35. The summed E-state index contributed by atoms with van der Waals surface area (Å²) in [4.78, 5) is 47.6. The summed E-state index contributed by atoms with van der Waals surface area (Å²) in [6.45, 7) is 3.46. The molecule has 0 spiro atoms. The van der Waals surface area contributed by atoms with Crippen molar-refractivity contribution < 1.29 is 14.4 Å². The first kappa shape index (κ1) is 21.7. The minimum absolute atomic E-state index is 0.157. The highest BCUT2D eigenvalue weighted by Gasteiger charge is 2.39. The van der Waals surface area contributed by atoms with Gasteiger partial charge in [0.2, 0.25) is 11.8 Å².